The minimum Gasteiger partial charge on any atom is -0.508 e. The first-order valence-corrected chi connectivity index (χ1v) is 9.50. The largest absolute Gasteiger partial charge is 0.508 e. The van der Waals surface area contributed by atoms with Crippen LogP contribution in [0.4, 0.5) is 0 Å². The second-order valence-electron chi connectivity index (χ2n) is 6.65. The van der Waals surface area contributed by atoms with Crippen LogP contribution in [0, 0.1) is 0 Å². The molecule has 26 heavy (non-hydrogen) atoms. The van der Waals surface area contributed by atoms with E-state index in [9.17, 15) is 5.11 Å². The molecule has 0 amide bonds. The van der Waals surface area contributed by atoms with Crippen molar-refractivity contribution in [1.29, 1.82) is 0 Å². The van der Waals surface area contributed by atoms with Gasteiger partial charge >= 0.3 is 0 Å². The van der Waals surface area contributed by atoms with Gasteiger partial charge in [-0.2, -0.15) is 0 Å². The van der Waals surface area contributed by atoms with Gasteiger partial charge in [-0.3, -0.25) is 4.90 Å². The summed E-state index contributed by atoms with van der Waals surface area (Å²) in [5.74, 6) is 0.262. The Morgan fingerprint density at radius 3 is 2.69 bits per heavy atom. The van der Waals surface area contributed by atoms with Gasteiger partial charge in [0.05, 0.1) is 6.04 Å². The van der Waals surface area contributed by atoms with Crippen LogP contribution in [-0.4, -0.2) is 21.1 Å². The van der Waals surface area contributed by atoms with Crippen molar-refractivity contribution in [2.75, 3.05) is 6.54 Å². The third-order valence-corrected chi connectivity index (χ3v) is 5.57. The molecule has 5 heteroatoms. The number of halogens is 2. The lowest BCUT2D eigenvalue weighted by atomic mass is 10.00. The smallest absolute Gasteiger partial charge is 0.120 e. The monoisotopic (exact) mass is 386 g/mol. The van der Waals surface area contributed by atoms with Crippen LogP contribution < -0.4 is 0 Å². The van der Waals surface area contributed by atoms with Gasteiger partial charge in [-0.1, -0.05) is 41.4 Å². The highest BCUT2D eigenvalue weighted by Gasteiger charge is 2.29. The molecule has 3 nitrogen and oxygen atoms in total. The summed E-state index contributed by atoms with van der Waals surface area (Å²) in [5.41, 5.74) is 3.07. The zero-order valence-electron chi connectivity index (χ0n) is 14.3. The SMILES string of the molecule is Oc1ccc(Cl)cc1C1c2cccn2CCCN1Cc1ccccc1Cl. The van der Waals surface area contributed by atoms with Crippen molar-refractivity contribution in [2.45, 2.75) is 25.6 Å². The third-order valence-electron chi connectivity index (χ3n) is 4.97. The summed E-state index contributed by atoms with van der Waals surface area (Å²) in [4.78, 5) is 2.37. The lowest BCUT2D eigenvalue weighted by molar-refractivity contribution is 0.217. The highest BCUT2D eigenvalue weighted by atomic mass is 35.5. The minimum absolute atomic E-state index is 0.0810. The van der Waals surface area contributed by atoms with Crippen LogP contribution in [0.3, 0.4) is 0 Å². The summed E-state index contributed by atoms with van der Waals surface area (Å²) in [6, 6.07) is 17.3. The summed E-state index contributed by atoms with van der Waals surface area (Å²) >= 11 is 12.7. The third kappa shape index (κ3) is 3.35. The summed E-state index contributed by atoms with van der Waals surface area (Å²) in [6.07, 6.45) is 3.13. The molecule has 0 aliphatic carbocycles. The van der Waals surface area contributed by atoms with Crippen molar-refractivity contribution in [3.63, 3.8) is 0 Å². The molecular weight excluding hydrogens is 367 g/mol. The van der Waals surface area contributed by atoms with E-state index in [-0.39, 0.29) is 11.8 Å². The number of phenolic OH excluding ortho intramolecular Hbond substituents is 1. The standard InChI is InChI=1S/C21H20Cl2N2O/c22-16-8-9-20(26)17(13-16)21-19-7-3-10-24(19)11-4-12-25(21)14-15-5-1-2-6-18(15)23/h1-3,5-10,13,21,26H,4,11-12,14H2. The van der Waals surface area contributed by atoms with Crippen LogP contribution in [0.2, 0.25) is 10.0 Å². The molecule has 0 saturated carbocycles. The predicted molar refractivity (Wildman–Crippen MR) is 106 cm³/mol. The summed E-state index contributed by atoms with van der Waals surface area (Å²) in [5, 5.41) is 11.9. The number of aryl methyl sites for hydroxylation is 1. The maximum absolute atomic E-state index is 10.6. The Labute approximate surface area is 163 Å². The molecule has 134 valence electrons. The van der Waals surface area contributed by atoms with E-state index in [1.54, 1.807) is 12.1 Å². The zero-order chi connectivity index (χ0) is 18.1. The van der Waals surface area contributed by atoms with Gasteiger partial charge < -0.3 is 9.67 Å². The number of benzene rings is 2. The second-order valence-corrected chi connectivity index (χ2v) is 7.49. The molecule has 1 atom stereocenters. The van der Waals surface area contributed by atoms with Crippen molar-refractivity contribution in [2.24, 2.45) is 0 Å². The Kier molecular flexibility index (Phi) is 4.94. The topological polar surface area (TPSA) is 28.4 Å². The first kappa shape index (κ1) is 17.5. The van der Waals surface area contributed by atoms with Crippen LogP contribution >= 0.6 is 23.2 Å². The van der Waals surface area contributed by atoms with Gasteiger partial charge in [0.15, 0.2) is 0 Å². The van der Waals surface area contributed by atoms with Gasteiger partial charge in [0.1, 0.15) is 5.75 Å². The molecule has 2 heterocycles. The van der Waals surface area contributed by atoms with Crippen molar-refractivity contribution >= 4 is 23.2 Å². The van der Waals surface area contributed by atoms with Crippen LogP contribution in [0.5, 0.6) is 5.75 Å². The first-order valence-electron chi connectivity index (χ1n) is 8.74. The molecule has 1 unspecified atom stereocenters. The molecule has 2 aromatic carbocycles. The number of aromatic hydroxyl groups is 1. The molecule has 1 aliphatic heterocycles. The molecule has 0 spiro atoms. The highest BCUT2D eigenvalue weighted by Crippen LogP contribution is 2.38. The van der Waals surface area contributed by atoms with Crippen molar-refractivity contribution in [3.8, 4) is 5.75 Å². The fourth-order valence-electron chi connectivity index (χ4n) is 3.76. The molecule has 1 aliphatic rings. The van der Waals surface area contributed by atoms with E-state index in [4.69, 9.17) is 23.2 Å². The van der Waals surface area contributed by atoms with Crippen molar-refractivity contribution in [3.05, 3.63) is 87.7 Å². The average Bonchev–Trinajstić information content (AvgIpc) is 3.01. The zero-order valence-corrected chi connectivity index (χ0v) is 15.8. The quantitative estimate of drug-likeness (QED) is 0.643. The van der Waals surface area contributed by atoms with E-state index < -0.39 is 0 Å². The van der Waals surface area contributed by atoms with E-state index >= 15 is 0 Å². The summed E-state index contributed by atoms with van der Waals surface area (Å²) in [6.45, 7) is 2.57. The van der Waals surface area contributed by atoms with Crippen LogP contribution in [0.25, 0.3) is 0 Å². The number of fused-ring (bicyclic) bond motifs is 1. The van der Waals surface area contributed by atoms with Crippen molar-refractivity contribution < 1.29 is 5.11 Å². The predicted octanol–water partition coefficient (Wildman–Crippen LogP) is 5.50. The van der Waals surface area contributed by atoms with Gasteiger partial charge in [-0.05, 0) is 48.4 Å². The van der Waals surface area contributed by atoms with Crippen LogP contribution in [-0.2, 0) is 13.1 Å². The van der Waals surface area contributed by atoms with Gasteiger partial charge in [0.25, 0.3) is 0 Å². The van der Waals surface area contributed by atoms with Crippen molar-refractivity contribution in [1.82, 2.24) is 9.47 Å². The van der Waals surface area contributed by atoms with Gasteiger partial charge in [-0.15, -0.1) is 0 Å². The molecular formula is C21H20Cl2N2O. The Morgan fingerprint density at radius 1 is 1.00 bits per heavy atom. The van der Waals surface area contributed by atoms with Crippen LogP contribution in [0.1, 0.15) is 29.3 Å². The molecule has 0 saturated heterocycles. The van der Waals surface area contributed by atoms with Gasteiger partial charge in [-0.25, -0.2) is 0 Å². The molecule has 0 fully saturated rings. The fraction of sp³-hybridized carbons (Fsp3) is 0.238. The number of phenols is 1. The highest BCUT2D eigenvalue weighted by molar-refractivity contribution is 6.31. The number of hydrogen-bond donors (Lipinski definition) is 1. The first-order chi connectivity index (χ1) is 12.6. The maximum Gasteiger partial charge on any atom is 0.120 e. The Morgan fingerprint density at radius 2 is 1.85 bits per heavy atom. The maximum atomic E-state index is 10.6. The summed E-state index contributed by atoms with van der Waals surface area (Å²) in [7, 11) is 0. The molecule has 0 radical (unpaired) electrons. The number of nitrogens with zero attached hydrogens (tertiary/aromatic N) is 2. The lowest BCUT2D eigenvalue weighted by Crippen LogP contribution is -2.29. The number of aromatic nitrogens is 1. The average molecular weight is 387 g/mol. The normalized spacial score (nSPS) is 17.7. The lowest BCUT2D eigenvalue weighted by Gasteiger charge is -2.31. The number of hydrogen-bond acceptors (Lipinski definition) is 2. The van der Waals surface area contributed by atoms with E-state index in [2.05, 4.69) is 33.9 Å². The molecule has 1 aromatic heterocycles. The summed E-state index contributed by atoms with van der Waals surface area (Å²) < 4.78 is 2.26. The Hall–Kier alpha value is -1.94. The molecule has 4 rings (SSSR count). The van der Waals surface area contributed by atoms with E-state index in [1.807, 2.05) is 24.3 Å². The minimum atomic E-state index is -0.0810. The van der Waals surface area contributed by atoms with Gasteiger partial charge in [0.2, 0.25) is 0 Å². The molecule has 3 aromatic rings. The van der Waals surface area contributed by atoms with E-state index in [1.165, 1.54) is 0 Å². The number of rotatable bonds is 3. The van der Waals surface area contributed by atoms with E-state index in [0.717, 1.165) is 41.4 Å². The fourth-order valence-corrected chi connectivity index (χ4v) is 4.13. The van der Waals surface area contributed by atoms with Gasteiger partial charge in [0, 0.05) is 47.1 Å². The Bertz CT molecular complexity index is 922. The van der Waals surface area contributed by atoms with E-state index in [0.29, 0.717) is 11.6 Å². The molecule has 1 N–H and O–H groups in total. The Balaban J connectivity index is 1.81. The van der Waals surface area contributed by atoms with Crippen LogP contribution in [0.15, 0.2) is 60.8 Å². The second kappa shape index (κ2) is 7.36. The molecule has 0 bridgehead atoms.